The highest BCUT2D eigenvalue weighted by atomic mass is 16.3. The number of aryl methyl sites for hydroxylation is 1. The van der Waals surface area contributed by atoms with Crippen LogP contribution in [0.25, 0.3) is 0 Å². The lowest BCUT2D eigenvalue weighted by Gasteiger charge is -2.36. The maximum Gasteiger partial charge on any atom is 0.253 e. The molecule has 132 valence electrons. The summed E-state index contributed by atoms with van der Waals surface area (Å²) in [5, 5.41) is 10.8. The third-order valence-electron chi connectivity index (χ3n) is 5.44. The van der Waals surface area contributed by atoms with Gasteiger partial charge in [-0.15, -0.1) is 0 Å². The van der Waals surface area contributed by atoms with Crippen molar-refractivity contribution >= 4 is 5.91 Å². The van der Waals surface area contributed by atoms with E-state index in [-0.39, 0.29) is 5.91 Å². The summed E-state index contributed by atoms with van der Waals surface area (Å²) in [4.78, 5) is 17.1. The monoisotopic (exact) mass is 330 g/mol. The van der Waals surface area contributed by atoms with Crippen LogP contribution in [0.5, 0.6) is 0 Å². The van der Waals surface area contributed by atoms with E-state index in [1.165, 1.54) is 6.42 Å². The molecule has 0 spiro atoms. The van der Waals surface area contributed by atoms with Crippen LogP contribution in [0.4, 0.5) is 0 Å². The van der Waals surface area contributed by atoms with Crippen LogP contribution >= 0.6 is 0 Å². The quantitative estimate of drug-likeness (QED) is 0.927. The molecular formula is C20H30N2O2. The van der Waals surface area contributed by atoms with Crippen LogP contribution < -0.4 is 0 Å². The zero-order valence-corrected chi connectivity index (χ0v) is 14.8. The summed E-state index contributed by atoms with van der Waals surface area (Å²) in [6.45, 7) is 6.18. The van der Waals surface area contributed by atoms with E-state index < -0.39 is 5.60 Å². The molecule has 0 atom stereocenters. The fourth-order valence-corrected chi connectivity index (χ4v) is 4.08. The van der Waals surface area contributed by atoms with E-state index in [9.17, 15) is 9.90 Å². The van der Waals surface area contributed by atoms with Crippen LogP contribution in [0.1, 0.15) is 54.4 Å². The molecule has 1 heterocycles. The van der Waals surface area contributed by atoms with Crippen LogP contribution in [0.3, 0.4) is 0 Å². The molecule has 1 aromatic carbocycles. The van der Waals surface area contributed by atoms with E-state index >= 15 is 0 Å². The summed E-state index contributed by atoms with van der Waals surface area (Å²) in [6, 6.07) is 7.84. The Bertz CT molecular complexity index is 567. The van der Waals surface area contributed by atoms with Gasteiger partial charge in [0.2, 0.25) is 0 Å². The van der Waals surface area contributed by atoms with Gasteiger partial charge in [0.05, 0.1) is 5.60 Å². The SMILES string of the molecule is Cc1cccc(C(=O)N2CCCN(CC3(O)CCCCC3)CC2)c1. The summed E-state index contributed by atoms with van der Waals surface area (Å²) in [7, 11) is 0. The molecule has 0 bridgehead atoms. The molecule has 4 heteroatoms. The van der Waals surface area contributed by atoms with Crippen molar-refractivity contribution in [3.8, 4) is 0 Å². The molecule has 1 aliphatic carbocycles. The van der Waals surface area contributed by atoms with E-state index in [4.69, 9.17) is 0 Å². The molecule has 0 aromatic heterocycles. The minimum absolute atomic E-state index is 0.136. The fourth-order valence-electron chi connectivity index (χ4n) is 4.08. The number of carbonyl (C=O) groups is 1. The first-order valence-corrected chi connectivity index (χ1v) is 9.36. The van der Waals surface area contributed by atoms with Crippen molar-refractivity contribution in [2.45, 2.75) is 51.0 Å². The summed E-state index contributed by atoms with van der Waals surface area (Å²) in [5.74, 6) is 0.136. The van der Waals surface area contributed by atoms with Gasteiger partial charge in [-0.1, -0.05) is 37.0 Å². The van der Waals surface area contributed by atoms with Crippen LogP contribution in [-0.2, 0) is 0 Å². The zero-order chi connectivity index (χ0) is 17.0. The Morgan fingerprint density at radius 2 is 1.88 bits per heavy atom. The van der Waals surface area contributed by atoms with Gasteiger partial charge in [-0.05, 0) is 38.3 Å². The van der Waals surface area contributed by atoms with Gasteiger partial charge in [-0.3, -0.25) is 9.69 Å². The van der Waals surface area contributed by atoms with Gasteiger partial charge in [-0.2, -0.15) is 0 Å². The van der Waals surface area contributed by atoms with Crippen molar-refractivity contribution in [3.63, 3.8) is 0 Å². The largest absolute Gasteiger partial charge is 0.389 e. The molecule has 1 saturated heterocycles. The number of carbonyl (C=O) groups excluding carboxylic acids is 1. The predicted octanol–water partition coefficient (Wildman–Crippen LogP) is 2.84. The maximum absolute atomic E-state index is 12.7. The Balaban J connectivity index is 1.57. The first kappa shape index (κ1) is 17.4. The number of benzene rings is 1. The van der Waals surface area contributed by atoms with Crippen molar-refractivity contribution in [1.29, 1.82) is 0 Å². The van der Waals surface area contributed by atoms with Gasteiger partial charge in [0.15, 0.2) is 0 Å². The zero-order valence-electron chi connectivity index (χ0n) is 14.8. The molecular weight excluding hydrogens is 300 g/mol. The van der Waals surface area contributed by atoms with Crippen molar-refractivity contribution in [2.75, 3.05) is 32.7 Å². The minimum atomic E-state index is -0.506. The average molecular weight is 330 g/mol. The van der Waals surface area contributed by atoms with Gasteiger partial charge < -0.3 is 10.0 Å². The lowest BCUT2D eigenvalue weighted by Crippen LogP contribution is -2.45. The predicted molar refractivity (Wildman–Crippen MR) is 96.2 cm³/mol. The molecule has 0 radical (unpaired) electrons. The summed E-state index contributed by atoms with van der Waals surface area (Å²) >= 11 is 0. The molecule has 2 aliphatic rings. The Hall–Kier alpha value is -1.39. The molecule has 1 aromatic rings. The second kappa shape index (κ2) is 7.66. The lowest BCUT2D eigenvalue weighted by atomic mass is 9.84. The minimum Gasteiger partial charge on any atom is -0.389 e. The summed E-state index contributed by atoms with van der Waals surface area (Å²) in [5.41, 5.74) is 1.40. The maximum atomic E-state index is 12.7. The van der Waals surface area contributed by atoms with Crippen LogP contribution in [0.2, 0.25) is 0 Å². The molecule has 1 amide bonds. The average Bonchev–Trinajstić information content (AvgIpc) is 2.80. The molecule has 2 fully saturated rings. The normalized spacial score (nSPS) is 22.2. The number of β-amino-alcohol motifs (C(OH)–C–C–N with tert-alkyl or cyclic N) is 1. The second-order valence-electron chi connectivity index (χ2n) is 7.58. The number of rotatable bonds is 3. The van der Waals surface area contributed by atoms with Crippen LogP contribution in [0.15, 0.2) is 24.3 Å². The number of aliphatic hydroxyl groups is 1. The van der Waals surface area contributed by atoms with Crippen LogP contribution in [-0.4, -0.2) is 59.1 Å². The molecule has 1 saturated carbocycles. The fraction of sp³-hybridized carbons (Fsp3) is 0.650. The van der Waals surface area contributed by atoms with E-state index in [1.807, 2.05) is 36.1 Å². The van der Waals surface area contributed by atoms with E-state index in [1.54, 1.807) is 0 Å². The van der Waals surface area contributed by atoms with Crippen molar-refractivity contribution in [3.05, 3.63) is 35.4 Å². The molecule has 24 heavy (non-hydrogen) atoms. The molecule has 0 unspecified atom stereocenters. The molecule has 4 nitrogen and oxygen atoms in total. The second-order valence-corrected chi connectivity index (χ2v) is 7.58. The summed E-state index contributed by atoms with van der Waals surface area (Å²) in [6.07, 6.45) is 6.37. The van der Waals surface area contributed by atoms with Crippen LogP contribution in [0, 0.1) is 6.92 Å². The highest BCUT2D eigenvalue weighted by Gasteiger charge is 2.32. The van der Waals surface area contributed by atoms with E-state index in [2.05, 4.69) is 4.90 Å². The highest BCUT2D eigenvalue weighted by Crippen LogP contribution is 2.29. The number of amides is 1. The lowest BCUT2D eigenvalue weighted by molar-refractivity contribution is -0.0252. The van der Waals surface area contributed by atoms with Crippen molar-refractivity contribution in [2.24, 2.45) is 0 Å². The first-order valence-electron chi connectivity index (χ1n) is 9.36. The Kier molecular flexibility index (Phi) is 5.57. The topological polar surface area (TPSA) is 43.8 Å². The number of hydrogen-bond acceptors (Lipinski definition) is 3. The first-order chi connectivity index (χ1) is 11.6. The third kappa shape index (κ3) is 4.37. The Morgan fingerprint density at radius 3 is 2.62 bits per heavy atom. The van der Waals surface area contributed by atoms with Crippen molar-refractivity contribution < 1.29 is 9.90 Å². The third-order valence-corrected chi connectivity index (χ3v) is 5.44. The van der Waals surface area contributed by atoms with Gasteiger partial charge in [0, 0.05) is 38.3 Å². The van der Waals surface area contributed by atoms with Gasteiger partial charge >= 0.3 is 0 Å². The number of nitrogens with zero attached hydrogens (tertiary/aromatic N) is 2. The van der Waals surface area contributed by atoms with Gasteiger partial charge in [0.1, 0.15) is 0 Å². The number of hydrogen-bond donors (Lipinski definition) is 1. The Labute approximate surface area is 145 Å². The Morgan fingerprint density at radius 1 is 1.08 bits per heavy atom. The standard InChI is InChI=1S/C20H30N2O2/c1-17-7-5-8-18(15-17)19(23)22-12-6-11-21(13-14-22)16-20(24)9-3-2-4-10-20/h5,7-8,15,24H,2-4,6,9-14,16H2,1H3. The van der Waals surface area contributed by atoms with Gasteiger partial charge in [-0.25, -0.2) is 0 Å². The van der Waals surface area contributed by atoms with Gasteiger partial charge in [0.25, 0.3) is 5.91 Å². The molecule has 1 aliphatic heterocycles. The van der Waals surface area contributed by atoms with E-state index in [0.717, 1.165) is 76.0 Å². The highest BCUT2D eigenvalue weighted by molar-refractivity contribution is 5.94. The molecule has 3 rings (SSSR count). The summed E-state index contributed by atoms with van der Waals surface area (Å²) < 4.78 is 0. The van der Waals surface area contributed by atoms with E-state index in [0.29, 0.717) is 0 Å². The van der Waals surface area contributed by atoms with Crippen molar-refractivity contribution in [1.82, 2.24) is 9.80 Å². The smallest absolute Gasteiger partial charge is 0.253 e. The molecule has 1 N–H and O–H groups in total.